The molecule has 0 aromatic rings. The summed E-state index contributed by atoms with van der Waals surface area (Å²) in [4.78, 5) is 23.3. The number of nitrogens with zero attached hydrogens (tertiary/aromatic N) is 1. The molecule has 0 bridgehead atoms. The number of methoxy groups -OCH3 is 1. The molecule has 1 amide bonds. The zero-order valence-electron chi connectivity index (χ0n) is 10.9. The first-order valence-corrected chi connectivity index (χ1v) is 5.56. The Labute approximate surface area is 105 Å². The molecule has 0 radical (unpaired) electrons. The number of ether oxygens (including phenoxy) is 2. The lowest BCUT2D eigenvalue weighted by molar-refractivity contribution is -0.161. The minimum absolute atomic E-state index is 0.145. The van der Waals surface area contributed by atoms with E-state index in [4.69, 9.17) is 14.6 Å². The molecule has 2 atom stereocenters. The van der Waals surface area contributed by atoms with Gasteiger partial charge in [-0.1, -0.05) is 0 Å². The summed E-state index contributed by atoms with van der Waals surface area (Å²) in [5, 5.41) is 8.92. The predicted octanol–water partition coefficient (Wildman–Crippen LogP) is 1.39. The van der Waals surface area contributed by atoms with Crippen LogP contribution in [0.3, 0.4) is 0 Å². The highest BCUT2D eigenvalue weighted by Gasteiger charge is 2.56. The van der Waals surface area contributed by atoms with Crippen molar-refractivity contribution in [1.29, 1.82) is 0 Å². The van der Waals surface area contributed by atoms with Crippen molar-refractivity contribution < 1.29 is 28.6 Å². The van der Waals surface area contributed by atoms with Crippen LogP contribution in [0.2, 0.25) is 0 Å². The Hall–Kier alpha value is -1.37. The minimum atomic E-state index is -2.77. The number of aliphatic carboxylic acids is 1. The maximum absolute atomic E-state index is 14.3. The summed E-state index contributed by atoms with van der Waals surface area (Å²) in [6.07, 6.45) is -2.05. The fraction of sp³-hybridized carbons (Fsp3) is 0.818. The van der Waals surface area contributed by atoms with Crippen molar-refractivity contribution in [2.75, 3.05) is 13.7 Å². The second-order valence-electron chi connectivity index (χ2n) is 5.22. The standard InChI is InChI=1S/C11H18FNO5/c1-10(2,3)18-9(16)13-6-7(17-4)5-11(13,12)8(14)15/h7H,5-6H2,1-4H3,(H,14,15). The van der Waals surface area contributed by atoms with Gasteiger partial charge in [-0.3, -0.25) is 4.90 Å². The van der Waals surface area contributed by atoms with Crippen molar-refractivity contribution in [3.8, 4) is 0 Å². The Balaban J connectivity index is 2.91. The van der Waals surface area contributed by atoms with Gasteiger partial charge in [-0.25, -0.2) is 14.0 Å². The molecule has 1 N–H and O–H groups in total. The van der Waals surface area contributed by atoms with Crippen LogP contribution >= 0.6 is 0 Å². The summed E-state index contributed by atoms with van der Waals surface area (Å²) < 4.78 is 24.2. The van der Waals surface area contributed by atoms with Crippen molar-refractivity contribution in [3.05, 3.63) is 0 Å². The minimum Gasteiger partial charge on any atom is -0.477 e. The molecule has 0 aliphatic carbocycles. The van der Waals surface area contributed by atoms with Crippen molar-refractivity contribution in [2.45, 2.75) is 44.7 Å². The maximum Gasteiger partial charge on any atom is 0.413 e. The number of hydrogen-bond acceptors (Lipinski definition) is 4. The fourth-order valence-electron chi connectivity index (χ4n) is 1.72. The third-order valence-corrected chi connectivity index (χ3v) is 2.59. The van der Waals surface area contributed by atoms with Crippen LogP contribution in [-0.2, 0) is 14.3 Å². The van der Waals surface area contributed by atoms with Gasteiger partial charge in [-0.05, 0) is 20.8 Å². The van der Waals surface area contributed by atoms with Gasteiger partial charge in [0.15, 0.2) is 0 Å². The maximum atomic E-state index is 14.3. The van der Waals surface area contributed by atoms with E-state index >= 15 is 0 Å². The smallest absolute Gasteiger partial charge is 0.413 e. The largest absolute Gasteiger partial charge is 0.477 e. The molecule has 1 fully saturated rings. The van der Waals surface area contributed by atoms with Gasteiger partial charge in [0.2, 0.25) is 0 Å². The molecule has 1 rings (SSSR count). The average molecular weight is 263 g/mol. The zero-order chi connectivity index (χ0) is 14.1. The molecule has 18 heavy (non-hydrogen) atoms. The Morgan fingerprint density at radius 1 is 1.44 bits per heavy atom. The van der Waals surface area contributed by atoms with Crippen LogP contribution in [-0.4, -0.2) is 53.2 Å². The van der Waals surface area contributed by atoms with E-state index in [-0.39, 0.29) is 6.54 Å². The third-order valence-electron chi connectivity index (χ3n) is 2.59. The Kier molecular flexibility index (Phi) is 3.85. The molecule has 104 valence electrons. The fourth-order valence-corrected chi connectivity index (χ4v) is 1.72. The second-order valence-corrected chi connectivity index (χ2v) is 5.22. The summed E-state index contributed by atoms with van der Waals surface area (Å²) in [7, 11) is 1.34. The number of carboxylic acids is 1. The van der Waals surface area contributed by atoms with Crippen molar-refractivity contribution in [2.24, 2.45) is 0 Å². The highest BCUT2D eigenvalue weighted by atomic mass is 19.1. The number of amides is 1. The van der Waals surface area contributed by atoms with Gasteiger partial charge in [0.05, 0.1) is 12.6 Å². The van der Waals surface area contributed by atoms with E-state index in [1.807, 2.05) is 0 Å². The monoisotopic (exact) mass is 263 g/mol. The Morgan fingerprint density at radius 2 is 2.00 bits per heavy atom. The predicted molar refractivity (Wildman–Crippen MR) is 59.8 cm³/mol. The van der Waals surface area contributed by atoms with Crippen LogP contribution in [0, 0.1) is 0 Å². The van der Waals surface area contributed by atoms with Gasteiger partial charge in [0.1, 0.15) is 5.60 Å². The first-order valence-electron chi connectivity index (χ1n) is 5.56. The van der Waals surface area contributed by atoms with Gasteiger partial charge in [0, 0.05) is 13.5 Å². The van der Waals surface area contributed by atoms with Crippen LogP contribution < -0.4 is 0 Å². The van der Waals surface area contributed by atoms with E-state index in [0.29, 0.717) is 4.90 Å². The number of hydrogen-bond donors (Lipinski definition) is 1. The molecular weight excluding hydrogens is 245 g/mol. The summed E-state index contributed by atoms with van der Waals surface area (Å²) in [5.41, 5.74) is -0.818. The normalized spacial score (nSPS) is 28.3. The van der Waals surface area contributed by atoms with Crippen LogP contribution in [0.4, 0.5) is 9.18 Å². The van der Waals surface area contributed by atoms with Crippen LogP contribution in [0.25, 0.3) is 0 Å². The van der Waals surface area contributed by atoms with Gasteiger partial charge >= 0.3 is 12.1 Å². The Bertz CT molecular complexity index is 354. The van der Waals surface area contributed by atoms with E-state index in [2.05, 4.69) is 0 Å². The molecule has 0 aromatic heterocycles. The van der Waals surface area contributed by atoms with Gasteiger partial charge in [-0.15, -0.1) is 0 Å². The van der Waals surface area contributed by atoms with Crippen LogP contribution in [0.15, 0.2) is 0 Å². The van der Waals surface area contributed by atoms with E-state index in [9.17, 15) is 14.0 Å². The lowest BCUT2D eigenvalue weighted by atomic mass is 10.1. The molecule has 0 spiro atoms. The zero-order valence-corrected chi connectivity index (χ0v) is 10.9. The number of carboxylic acid groups (broad SMARTS) is 1. The summed E-state index contributed by atoms with van der Waals surface area (Å²) in [6.45, 7) is 4.72. The second kappa shape index (κ2) is 4.72. The third kappa shape index (κ3) is 2.90. The lowest BCUT2D eigenvalue weighted by Gasteiger charge is -2.29. The van der Waals surface area contributed by atoms with Crippen LogP contribution in [0.5, 0.6) is 0 Å². The first kappa shape index (κ1) is 14.7. The molecule has 6 nitrogen and oxygen atoms in total. The molecule has 1 heterocycles. The molecule has 0 aromatic carbocycles. The van der Waals surface area contributed by atoms with E-state index in [1.165, 1.54) is 7.11 Å². The van der Waals surface area contributed by atoms with E-state index in [0.717, 1.165) is 0 Å². The highest BCUT2D eigenvalue weighted by molar-refractivity contribution is 5.83. The Morgan fingerprint density at radius 3 is 2.39 bits per heavy atom. The van der Waals surface area contributed by atoms with E-state index in [1.54, 1.807) is 20.8 Å². The van der Waals surface area contributed by atoms with Crippen LogP contribution in [0.1, 0.15) is 27.2 Å². The van der Waals surface area contributed by atoms with E-state index < -0.39 is 36.0 Å². The lowest BCUT2D eigenvalue weighted by Crippen LogP contribution is -2.51. The first-order chi connectivity index (χ1) is 8.10. The number of likely N-dealkylation sites (tertiary alicyclic amines) is 1. The summed E-state index contributed by atoms with van der Waals surface area (Å²) in [6, 6.07) is 0. The number of carbonyl (C=O) groups excluding carboxylic acids is 1. The summed E-state index contributed by atoms with van der Waals surface area (Å²) >= 11 is 0. The van der Waals surface area contributed by atoms with Gasteiger partial charge in [0.25, 0.3) is 5.79 Å². The molecule has 1 aliphatic heterocycles. The topological polar surface area (TPSA) is 76.1 Å². The number of alkyl halides is 1. The number of rotatable bonds is 2. The number of halogens is 1. The van der Waals surface area contributed by atoms with Crippen molar-refractivity contribution in [3.63, 3.8) is 0 Å². The molecule has 0 saturated carbocycles. The molecular formula is C11H18FNO5. The van der Waals surface area contributed by atoms with Gasteiger partial charge in [-0.2, -0.15) is 0 Å². The molecule has 1 aliphatic rings. The highest BCUT2D eigenvalue weighted by Crippen LogP contribution is 2.34. The molecule has 2 unspecified atom stereocenters. The average Bonchev–Trinajstić information content (AvgIpc) is 2.54. The number of carbonyl (C=O) groups is 2. The molecule has 1 saturated heterocycles. The van der Waals surface area contributed by atoms with Crippen molar-refractivity contribution in [1.82, 2.24) is 4.90 Å². The quantitative estimate of drug-likeness (QED) is 0.762. The van der Waals surface area contributed by atoms with Crippen molar-refractivity contribution >= 4 is 12.1 Å². The molecule has 7 heteroatoms. The SMILES string of the molecule is COC1CN(C(=O)OC(C)(C)C)C(F)(C(=O)O)C1. The van der Waals surface area contributed by atoms with Gasteiger partial charge < -0.3 is 14.6 Å². The summed E-state index contributed by atoms with van der Waals surface area (Å²) in [5.74, 6) is -4.49.